The van der Waals surface area contributed by atoms with E-state index in [9.17, 15) is 9.18 Å². The minimum Gasteiger partial charge on any atom is -0.494 e. The van der Waals surface area contributed by atoms with Gasteiger partial charge in [-0.25, -0.2) is 4.39 Å². The van der Waals surface area contributed by atoms with Crippen LogP contribution in [-0.4, -0.2) is 25.0 Å². The van der Waals surface area contributed by atoms with Gasteiger partial charge in [0.1, 0.15) is 5.76 Å². The van der Waals surface area contributed by atoms with Crippen molar-refractivity contribution in [1.29, 1.82) is 0 Å². The second-order valence-corrected chi connectivity index (χ2v) is 5.16. The van der Waals surface area contributed by atoms with Crippen molar-refractivity contribution in [3.8, 4) is 5.75 Å². The lowest BCUT2D eigenvalue weighted by atomic mass is 10.1. The van der Waals surface area contributed by atoms with E-state index in [1.54, 1.807) is 36.4 Å². The summed E-state index contributed by atoms with van der Waals surface area (Å²) < 4.78 is 23.8. The summed E-state index contributed by atoms with van der Waals surface area (Å²) in [4.78, 5) is 13.9. The van der Waals surface area contributed by atoms with Crippen LogP contribution in [0.2, 0.25) is 0 Å². The fraction of sp³-hybridized carbons (Fsp3) is 0.353. The molecule has 0 aliphatic rings. The zero-order valence-electron chi connectivity index (χ0n) is 13.0. The number of carbonyl (C=O) groups is 1. The topological polar surface area (TPSA) is 42.7 Å². The predicted octanol–water partition coefficient (Wildman–Crippen LogP) is 3.58. The summed E-state index contributed by atoms with van der Waals surface area (Å²) in [5.74, 6) is 0.523. The van der Waals surface area contributed by atoms with Crippen molar-refractivity contribution in [3.63, 3.8) is 0 Å². The quantitative estimate of drug-likeness (QED) is 0.819. The number of nitrogens with zero attached hydrogens (tertiary/aromatic N) is 1. The number of furan rings is 1. The maximum absolute atomic E-state index is 13.6. The monoisotopic (exact) mass is 305 g/mol. The van der Waals surface area contributed by atoms with Crippen molar-refractivity contribution in [3.05, 3.63) is 53.7 Å². The summed E-state index contributed by atoms with van der Waals surface area (Å²) in [7, 11) is 3.16. The molecule has 1 heterocycles. The number of hydrogen-bond acceptors (Lipinski definition) is 3. The van der Waals surface area contributed by atoms with Gasteiger partial charge < -0.3 is 14.1 Å². The first kappa shape index (κ1) is 16.1. The van der Waals surface area contributed by atoms with Gasteiger partial charge in [-0.2, -0.15) is 0 Å². The number of hydrogen-bond donors (Lipinski definition) is 0. The van der Waals surface area contributed by atoms with E-state index in [1.165, 1.54) is 13.2 Å². The highest BCUT2D eigenvalue weighted by molar-refractivity contribution is 5.76. The van der Waals surface area contributed by atoms with Crippen LogP contribution >= 0.6 is 0 Å². The number of aryl methyl sites for hydroxylation is 1. The number of amides is 1. The van der Waals surface area contributed by atoms with Crippen LogP contribution in [0.3, 0.4) is 0 Å². The second-order valence-electron chi connectivity index (χ2n) is 5.16. The first-order valence-corrected chi connectivity index (χ1v) is 7.14. The van der Waals surface area contributed by atoms with Gasteiger partial charge in [-0.15, -0.1) is 0 Å². The molecule has 2 rings (SSSR count). The molecule has 0 spiro atoms. The molecular weight excluding hydrogens is 285 g/mol. The molecule has 22 heavy (non-hydrogen) atoms. The summed E-state index contributed by atoms with van der Waals surface area (Å²) in [6, 6.07) is 8.25. The Morgan fingerprint density at radius 3 is 2.77 bits per heavy atom. The third-order valence-electron chi connectivity index (χ3n) is 3.77. The van der Waals surface area contributed by atoms with Crippen LogP contribution in [0.15, 0.2) is 41.0 Å². The van der Waals surface area contributed by atoms with Crippen LogP contribution < -0.4 is 4.74 Å². The Bertz CT molecular complexity index is 625. The van der Waals surface area contributed by atoms with E-state index in [0.717, 1.165) is 11.3 Å². The van der Waals surface area contributed by atoms with Gasteiger partial charge in [-0.3, -0.25) is 4.79 Å². The van der Waals surface area contributed by atoms with Crippen molar-refractivity contribution in [2.24, 2.45) is 0 Å². The van der Waals surface area contributed by atoms with Crippen LogP contribution in [0.1, 0.15) is 30.7 Å². The number of rotatable bonds is 6. The zero-order valence-corrected chi connectivity index (χ0v) is 13.0. The third kappa shape index (κ3) is 3.67. The normalized spacial score (nSPS) is 12.0. The Morgan fingerprint density at radius 1 is 1.41 bits per heavy atom. The van der Waals surface area contributed by atoms with Crippen molar-refractivity contribution >= 4 is 5.91 Å². The van der Waals surface area contributed by atoms with Gasteiger partial charge in [0.25, 0.3) is 0 Å². The van der Waals surface area contributed by atoms with Crippen molar-refractivity contribution in [2.75, 3.05) is 14.2 Å². The molecule has 1 aromatic heterocycles. The smallest absolute Gasteiger partial charge is 0.223 e. The standard InChI is InChI=1S/C17H20FNO3/c1-12(15-5-4-10-22-15)19(2)17(20)9-7-13-6-8-16(21-3)14(18)11-13/h4-6,8,10-12H,7,9H2,1-3H3. The minimum absolute atomic E-state index is 0.0138. The number of ether oxygens (including phenoxy) is 1. The molecule has 2 aromatic rings. The van der Waals surface area contributed by atoms with E-state index in [-0.39, 0.29) is 17.7 Å². The van der Waals surface area contributed by atoms with Crippen LogP contribution in [0.5, 0.6) is 5.75 Å². The van der Waals surface area contributed by atoms with Crippen molar-refractivity contribution in [1.82, 2.24) is 4.90 Å². The van der Waals surface area contributed by atoms with Crippen LogP contribution in [0.25, 0.3) is 0 Å². The summed E-state index contributed by atoms with van der Waals surface area (Å²) in [6.45, 7) is 1.91. The molecule has 0 radical (unpaired) electrons. The highest BCUT2D eigenvalue weighted by Gasteiger charge is 2.19. The molecule has 1 atom stereocenters. The molecule has 0 bridgehead atoms. The fourth-order valence-corrected chi connectivity index (χ4v) is 2.23. The highest BCUT2D eigenvalue weighted by atomic mass is 19.1. The number of benzene rings is 1. The lowest BCUT2D eigenvalue weighted by Crippen LogP contribution is -2.29. The molecule has 0 saturated carbocycles. The van der Waals surface area contributed by atoms with Crippen LogP contribution in [-0.2, 0) is 11.2 Å². The summed E-state index contributed by atoms with van der Waals surface area (Å²) >= 11 is 0. The summed E-state index contributed by atoms with van der Waals surface area (Å²) in [5, 5.41) is 0. The highest BCUT2D eigenvalue weighted by Crippen LogP contribution is 2.21. The predicted molar refractivity (Wildman–Crippen MR) is 81.2 cm³/mol. The van der Waals surface area contributed by atoms with Gasteiger partial charge in [0, 0.05) is 13.5 Å². The van der Waals surface area contributed by atoms with Gasteiger partial charge in [0.2, 0.25) is 5.91 Å². The van der Waals surface area contributed by atoms with E-state index in [2.05, 4.69) is 0 Å². The molecule has 0 saturated heterocycles. The molecular formula is C17H20FNO3. The zero-order chi connectivity index (χ0) is 16.1. The molecule has 1 aromatic carbocycles. The van der Waals surface area contributed by atoms with E-state index in [4.69, 9.17) is 9.15 Å². The molecule has 0 aliphatic carbocycles. The van der Waals surface area contributed by atoms with Gasteiger partial charge in [-0.05, 0) is 43.2 Å². The van der Waals surface area contributed by atoms with Crippen LogP contribution in [0, 0.1) is 5.82 Å². The Hall–Kier alpha value is -2.30. The Labute approximate surface area is 129 Å². The van der Waals surface area contributed by atoms with Crippen LogP contribution in [0.4, 0.5) is 4.39 Å². The number of halogens is 1. The van der Waals surface area contributed by atoms with E-state index >= 15 is 0 Å². The maximum Gasteiger partial charge on any atom is 0.223 e. The molecule has 0 aliphatic heterocycles. The molecule has 118 valence electrons. The Balaban J connectivity index is 1.93. The summed E-state index contributed by atoms with van der Waals surface area (Å²) in [6.07, 6.45) is 2.38. The SMILES string of the molecule is COc1ccc(CCC(=O)N(C)C(C)c2ccco2)cc1F. The minimum atomic E-state index is -0.412. The molecule has 1 amide bonds. The molecule has 0 N–H and O–H groups in total. The van der Waals surface area contributed by atoms with E-state index in [0.29, 0.717) is 12.8 Å². The molecule has 1 unspecified atom stereocenters. The average Bonchev–Trinajstić information content (AvgIpc) is 3.05. The number of methoxy groups -OCH3 is 1. The summed E-state index contributed by atoms with van der Waals surface area (Å²) in [5.41, 5.74) is 0.769. The maximum atomic E-state index is 13.6. The molecule has 5 heteroatoms. The average molecular weight is 305 g/mol. The van der Waals surface area contributed by atoms with Gasteiger partial charge >= 0.3 is 0 Å². The van der Waals surface area contributed by atoms with Gasteiger partial charge in [0.05, 0.1) is 19.4 Å². The third-order valence-corrected chi connectivity index (χ3v) is 3.77. The van der Waals surface area contributed by atoms with E-state index < -0.39 is 5.82 Å². The van der Waals surface area contributed by atoms with Gasteiger partial charge in [0.15, 0.2) is 11.6 Å². The largest absolute Gasteiger partial charge is 0.494 e. The fourth-order valence-electron chi connectivity index (χ4n) is 2.23. The lowest BCUT2D eigenvalue weighted by molar-refractivity contribution is -0.132. The Kier molecular flexibility index (Phi) is 5.20. The molecule has 4 nitrogen and oxygen atoms in total. The van der Waals surface area contributed by atoms with Crippen molar-refractivity contribution < 1.29 is 18.3 Å². The number of carbonyl (C=O) groups excluding carboxylic acids is 1. The molecule has 0 fully saturated rings. The lowest BCUT2D eigenvalue weighted by Gasteiger charge is -2.23. The van der Waals surface area contributed by atoms with E-state index in [1.807, 2.05) is 13.0 Å². The van der Waals surface area contributed by atoms with Crippen molar-refractivity contribution in [2.45, 2.75) is 25.8 Å². The Morgan fingerprint density at radius 2 is 2.18 bits per heavy atom. The van der Waals surface area contributed by atoms with Gasteiger partial charge in [-0.1, -0.05) is 6.07 Å². The first-order valence-electron chi connectivity index (χ1n) is 7.14. The first-order chi connectivity index (χ1) is 10.5. The second kappa shape index (κ2) is 7.11.